The highest BCUT2D eigenvalue weighted by Crippen LogP contribution is 2.23. The van der Waals surface area contributed by atoms with Crippen LogP contribution in [0, 0.1) is 0 Å². The topological polar surface area (TPSA) is 87.5 Å². The molecule has 1 aromatic carbocycles. The van der Waals surface area contributed by atoms with Gasteiger partial charge in [0.25, 0.3) is 0 Å². The summed E-state index contributed by atoms with van der Waals surface area (Å²) in [5, 5.41) is 4.95. The average molecular weight is 290 g/mol. The van der Waals surface area contributed by atoms with Crippen molar-refractivity contribution in [2.24, 2.45) is 0 Å². The number of imide groups is 1. The second kappa shape index (κ2) is 7.08. The summed E-state index contributed by atoms with van der Waals surface area (Å²) in [7, 11) is 0. The Hall–Kier alpha value is -2.08. The van der Waals surface area contributed by atoms with Gasteiger partial charge in [-0.05, 0) is 30.0 Å². The van der Waals surface area contributed by atoms with Crippen LogP contribution in [-0.2, 0) is 17.8 Å². The zero-order chi connectivity index (χ0) is 15.2. The van der Waals surface area contributed by atoms with Gasteiger partial charge in [-0.1, -0.05) is 19.1 Å². The van der Waals surface area contributed by atoms with E-state index in [9.17, 15) is 9.59 Å². The largest absolute Gasteiger partial charge is 0.398 e. The fraction of sp³-hybridized carbons (Fsp3) is 0.467. The number of nitrogen functional groups attached to an aromatic ring is 1. The number of nitrogens with two attached hydrogens (primary N) is 1. The SMILES string of the molecule is CCCNC(=O)NC(=O)CN1CCc2cccc(N)c2C1. The molecule has 0 bridgehead atoms. The minimum Gasteiger partial charge on any atom is -0.398 e. The van der Waals surface area contributed by atoms with Crippen molar-refractivity contribution in [3.8, 4) is 0 Å². The molecular formula is C15H22N4O2. The Labute approximate surface area is 124 Å². The number of hydrogen-bond acceptors (Lipinski definition) is 4. The molecular weight excluding hydrogens is 268 g/mol. The van der Waals surface area contributed by atoms with Gasteiger partial charge in [0.2, 0.25) is 5.91 Å². The molecule has 114 valence electrons. The summed E-state index contributed by atoms with van der Waals surface area (Å²) < 4.78 is 0. The zero-order valence-electron chi connectivity index (χ0n) is 12.3. The Balaban J connectivity index is 1.86. The van der Waals surface area contributed by atoms with Crippen LogP contribution in [0.25, 0.3) is 0 Å². The number of nitrogens with one attached hydrogen (secondary N) is 2. The molecule has 0 aromatic heterocycles. The van der Waals surface area contributed by atoms with E-state index in [0.29, 0.717) is 13.1 Å². The summed E-state index contributed by atoms with van der Waals surface area (Å²) in [6.07, 6.45) is 1.71. The van der Waals surface area contributed by atoms with Gasteiger partial charge >= 0.3 is 6.03 Å². The second-order valence-corrected chi connectivity index (χ2v) is 5.25. The summed E-state index contributed by atoms with van der Waals surface area (Å²) in [5.74, 6) is -0.290. The van der Waals surface area contributed by atoms with Crippen LogP contribution in [0.2, 0.25) is 0 Å². The summed E-state index contributed by atoms with van der Waals surface area (Å²) >= 11 is 0. The number of carbonyl (C=O) groups excluding carboxylic acids is 2. The third-order valence-electron chi connectivity index (χ3n) is 3.54. The molecule has 0 radical (unpaired) electrons. The number of nitrogens with zero attached hydrogens (tertiary/aromatic N) is 1. The molecule has 0 spiro atoms. The lowest BCUT2D eigenvalue weighted by atomic mass is 9.98. The van der Waals surface area contributed by atoms with E-state index in [2.05, 4.69) is 16.7 Å². The lowest BCUT2D eigenvalue weighted by Crippen LogP contribution is -2.45. The van der Waals surface area contributed by atoms with Crippen molar-refractivity contribution in [2.75, 3.05) is 25.4 Å². The van der Waals surface area contributed by atoms with Gasteiger partial charge in [-0.15, -0.1) is 0 Å². The van der Waals surface area contributed by atoms with E-state index >= 15 is 0 Å². The van der Waals surface area contributed by atoms with E-state index in [1.165, 1.54) is 5.56 Å². The molecule has 2 rings (SSSR count). The Morgan fingerprint density at radius 1 is 1.38 bits per heavy atom. The number of urea groups is 1. The lowest BCUT2D eigenvalue weighted by molar-refractivity contribution is -0.121. The third kappa shape index (κ3) is 4.19. The van der Waals surface area contributed by atoms with Crippen LogP contribution in [0.3, 0.4) is 0 Å². The first-order valence-corrected chi connectivity index (χ1v) is 7.26. The van der Waals surface area contributed by atoms with Crippen LogP contribution in [-0.4, -0.2) is 36.5 Å². The molecule has 4 N–H and O–H groups in total. The van der Waals surface area contributed by atoms with E-state index in [1.54, 1.807) is 0 Å². The molecule has 1 heterocycles. The van der Waals surface area contributed by atoms with Gasteiger partial charge in [0.15, 0.2) is 0 Å². The molecule has 1 aliphatic rings. The Morgan fingerprint density at radius 3 is 2.95 bits per heavy atom. The predicted octanol–water partition coefficient (Wildman–Crippen LogP) is 0.863. The number of fused-ring (bicyclic) bond motifs is 1. The summed E-state index contributed by atoms with van der Waals surface area (Å²) in [4.78, 5) is 25.3. The fourth-order valence-electron chi connectivity index (χ4n) is 2.45. The van der Waals surface area contributed by atoms with Gasteiger partial charge in [-0.3, -0.25) is 15.0 Å². The minimum atomic E-state index is -0.432. The van der Waals surface area contributed by atoms with Crippen molar-refractivity contribution in [3.05, 3.63) is 29.3 Å². The number of hydrogen-bond donors (Lipinski definition) is 3. The van der Waals surface area contributed by atoms with Crippen molar-refractivity contribution in [1.29, 1.82) is 0 Å². The van der Waals surface area contributed by atoms with Gasteiger partial charge in [0.05, 0.1) is 6.54 Å². The standard InChI is InChI=1S/C15H22N4O2/c1-2-7-17-15(21)18-14(20)10-19-8-6-11-4-3-5-13(16)12(11)9-19/h3-5H,2,6-10,16H2,1H3,(H2,17,18,20,21). The van der Waals surface area contributed by atoms with Crippen LogP contribution in [0.4, 0.5) is 10.5 Å². The van der Waals surface area contributed by atoms with E-state index in [-0.39, 0.29) is 12.5 Å². The molecule has 0 atom stereocenters. The number of amides is 3. The first-order valence-electron chi connectivity index (χ1n) is 7.26. The van der Waals surface area contributed by atoms with Crippen LogP contribution in [0.15, 0.2) is 18.2 Å². The van der Waals surface area contributed by atoms with Crippen molar-refractivity contribution < 1.29 is 9.59 Å². The molecule has 6 heteroatoms. The quantitative estimate of drug-likeness (QED) is 0.718. The van der Waals surface area contributed by atoms with Gasteiger partial charge in [-0.25, -0.2) is 4.79 Å². The smallest absolute Gasteiger partial charge is 0.321 e. The maximum atomic E-state index is 11.8. The van der Waals surface area contributed by atoms with Gasteiger partial charge in [0, 0.05) is 25.3 Å². The van der Waals surface area contributed by atoms with Crippen LogP contribution >= 0.6 is 0 Å². The van der Waals surface area contributed by atoms with Crippen LogP contribution in [0.5, 0.6) is 0 Å². The maximum Gasteiger partial charge on any atom is 0.321 e. The molecule has 0 unspecified atom stereocenters. The number of rotatable bonds is 4. The average Bonchev–Trinajstić information content (AvgIpc) is 2.46. The van der Waals surface area contributed by atoms with Crippen molar-refractivity contribution >= 4 is 17.6 Å². The highest BCUT2D eigenvalue weighted by molar-refractivity contribution is 5.95. The second-order valence-electron chi connectivity index (χ2n) is 5.25. The fourth-order valence-corrected chi connectivity index (χ4v) is 2.45. The number of benzene rings is 1. The van der Waals surface area contributed by atoms with E-state index in [0.717, 1.165) is 30.6 Å². The molecule has 1 aromatic rings. The van der Waals surface area contributed by atoms with E-state index < -0.39 is 6.03 Å². The molecule has 21 heavy (non-hydrogen) atoms. The van der Waals surface area contributed by atoms with Gasteiger partial charge in [0.1, 0.15) is 0 Å². The minimum absolute atomic E-state index is 0.202. The van der Waals surface area contributed by atoms with Crippen molar-refractivity contribution in [3.63, 3.8) is 0 Å². The normalized spacial score (nSPS) is 14.3. The number of anilines is 1. The Bertz CT molecular complexity index is 530. The maximum absolute atomic E-state index is 11.8. The lowest BCUT2D eigenvalue weighted by Gasteiger charge is -2.28. The highest BCUT2D eigenvalue weighted by Gasteiger charge is 2.20. The first-order chi connectivity index (χ1) is 10.1. The molecule has 6 nitrogen and oxygen atoms in total. The zero-order valence-corrected chi connectivity index (χ0v) is 12.3. The van der Waals surface area contributed by atoms with E-state index in [1.807, 2.05) is 24.0 Å². The third-order valence-corrected chi connectivity index (χ3v) is 3.54. The molecule has 0 saturated carbocycles. The van der Waals surface area contributed by atoms with Crippen LogP contribution in [0.1, 0.15) is 24.5 Å². The number of carbonyl (C=O) groups is 2. The monoisotopic (exact) mass is 290 g/mol. The molecule has 0 aliphatic carbocycles. The van der Waals surface area contributed by atoms with E-state index in [4.69, 9.17) is 5.73 Å². The summed E-state index contributed by atoms with van der Waals surface area (Å²) in [6, 6.07) is 5.47. The molecule has 1 aliphatic heterocycles. The predicted molar refractivity (Wildman–Crippen MR) is 81.7 cm³/mol. The van der Waals surface area contributed by atoms with Gasteiger partial charge < -0.3 is 11.1 Å². The molecule has 3 amide bonds. The molecule has 0 saturated heterocycles. The summed E-state index contributed by atoms with van der Waals surface area (Å²) in [5.41, 5.74) is 9.07. The van der Waals surface area contributed by atoms with Crippen LogP contribution < -0.4 is 16.4 Å². The van der Waals surface area contributed by atoms with Gasteiger partial charge in [-0.2, -0.15) is 0 Å². The highest BCUT2D eigenvalue weighted by atomic mass is 16.2. The summed E-state index contributed by atoms with van der Waals surface area (Å²) in [6.45, 7) is 4.16. The Kier molecular flexibility index (Phi) is 5.16. The first kappa shape index (κ1) is 15.3. The Morgan fingerprint density at radius 2 is 2.19 bits per heavy atom. The van der Waals surface area contributed by atoms with Crippen molar-refractivity contribution in [2.45, 2.75) is 26.3 Å². The van der Waals surface area contributed by atoms with Crippen molar-refractivity contribution in [1.82, 2.24) is 15.5 Å². The molecule has 0 fully saturated rings.